The van der Waals surface area contributed by atoms with E-state index in [1.807, 2.05) is 0 Å². The maximum absolute atomic E-state index is 12.2. The number of hydrogen-bond donors (Lipinski definition) is 1. The van der Waals surface area contributed by atoms with Crippen molar-refractivity contribution in [3.8, 4) is 0 Å². The van der Waals surface area contributed by atoms with Crippen molar-refractivity contribution in [3.05, 3.63) is 70.8 Å². The van der Waals surface area contributed by atoms with Crippen LogP contribution < -0.4 is 5.32 Å². The lowest BCUT2D eigenvalue weighted by Crippen LogP contribution is -2.41. The van der Waals surface area contributed by atoms with Crippen molar-refractivity contribution in [2.45, 2.75) is 37.4 Å². The molecule has 4 nitrogen and oxygen atoms in total. The van der Waals surface area contributed by atoms with Crippen molar-refractivity contribution in [3.63, 3.8) is 0 Å². The van der Waals surface area contributed by atoms with Gasteiger partial charge in [-0.1, -0.05) is 48.5 Å². The summed E-state index contributed by atoms with van der Waals surface area (Å²) >= 11 is 0. The maximum Gasteiger partial charge on any atom is 0.235 e. The lowest BCUT2D eigenvalue weighted by atomic mass is 9.59. The first kappa shape index (κ1) is 18.2. The number of carbonyl (C=O) groups excluding carboxylic acids is 1. The molecule has 2 aromatic carbocycles. The average molecular weight is 384 g/mol. The highest BCUT2D eigenvalue weighted by atomic mass is 32.2. The zero-order valence-corrected chi connectivity index (χ0v) is 16.5. The summed E-state index contributed by atoms with van der Waals surface area (Å²) in [5.41, 5.74) is 5.49. The third-order valence-corrected chi connectivity index (χ3v) is 8.14. The van der Waals surface area contributed by atoms with Gasteiger partial charge in [0.2, 0.25) is 5.91 Å². The van der Waals surface area contributed by atoms with Crippen LogP contribution in [-0.4, -0.2) is 31.9 Å². The Hall–Kier alpha value is -2.14. The van der Waals surface area contributed by atoms with Gasteiger partial charge in [0.1, 0.15) is 5.75 Å². The molecule has 0 saturated carbocycles. The Morgan fingerprint density at radius 2 is 1.52 bits per heavy atom. The Kier molecular flexibility index (Phi) is 4.58. The average Bonchev–Trinajstić information content (AvgIpc) is 2.66. The predicted molar refractivity (Wildman–Crippen MR) is 107 cm³/mol. The van der Waals surface area contributed by atoms with Crippen molar-refractivity contribution in [2.75, 3.05) is 12.3 Å². The Morgan fingerprint density at radius 3 is 2.04 bits per heavy atom. The van der Waals surface area contributed by atoms with Gasteiger partial charge in [0, 0.05) is 18.4 Å². The molecule has 0 aromatic heterocycles. The molecule has 142 valence electrons. The summed E-state index contributed by atoms with van der Waals surface area (Å²) in [6.07, 6.45) is 0.982. The molecule has 1 atom stereocenters. The number of nitrogens with one attached hydrogen (secondary N) is 1. The van der Waals surface area contributed by atoms with Crippen LogP contribution in [0.3, 0.4) is 0 Å². The van der Waals surface area contributed by atoms with Crippen molar-refractivity contribution >= 4 is 15.7 Å². The lowest BCUT2D eigenvalue weighted by Gasteiger charge is -2.45. The van der Waals surface area contributed by atoms with Crippen molar-refractivity contribution in [1.29, 1.82) is 0 Å². The molecule has 5 rings (SSSR count). The molecule has 5 heteroatoms. The SMILES string of the molecule is CC(C)S(=O)(=O)CC(=O)NC[C@@H]1CC2c3ccccc3C1c1ccccc12. The van der Waals surface area contributed by atoms with Crippen LogP contribution in [0.5, 0.6) is 0 Å². The zero-order chi connectivity index (χ0) is 19.2. The minimum Gasteiger partial charge on any atom is -0.355 e. The Morgan fingerprint density at radius 1 is 1.00 bits per heavy atom. The standard InChI is InChI=1S/C22H25NO3S/c1-14(2)27(25,26)13-21(24)23-12-15-11-20-16-7-3-5-9-18(16)22(15)19-10-6-4-8-17(19)20/h3-10,14-15,20,22H,11-13H2,1-2H3,(H,23,24)/t15-,20?,22?/m0/s1. The van der Waals surface area contributed by atoms with E-state index < -0.39 is 26.7 Å². The molecular weight excluding hydrogens is 358 g/mol. The third kappa shape index (κ3) is 3.18. The fourth-order valence-corrected chi connectivity index (χ4v) is 5.41. The van der Waals surface area contributed by atoms with Crippen molar-refractivity contribution in [2.24, 2.45) is 5.92 Å². The highest BCUT2D eigenvalue weighted by molar-refractivity contribution is 7.92. The van der Waals surface area contributed by atoms with Crippen LogP contribution in [0.4, 0.5) is 0 Å². The van der Waals surface area contributed by atoms with Crippen LogP contribution in [0.1, 0.15) is 54.4 Å². The zero-order valence-electron chi connectivity index (χ0n) is 15.7. The maximum atomic E-state index is 12.2. The van der Waals surface area contributed by atoms with Crippen LogP contribution in [0.2, 0.25) is 0 Å². The summed E-state index contributed by atoms with van der Waals surface area (Å²) in [7, 11) is -3.37. The molecule has 27 heavy (non-hydrogen) atoms. The molecule has 0 fully saturated rings. The monoisotopic (exact) mass is 383 g/mol. The number of carbonyl (C=O) groups is 1. The minimum absolute atomic E-state index is 0.254. The molecule has 0 radical (unpaired) electrons. The minimum atomic E-state index is -3.37. The molecular formula is C22H25NO3S. The van der Waals surface area contributed by atoms with E-state index in [0.717, 1.165) is 6.42 Å². The number of amides is 1. The van der Waals surface area contributed by atoms with Gasteiger partial charge in [-0.15, -0.1) is 0 Å². The van der Waals surface area contributed by atoms with Crippen LogP contribution in [-0.2, 0) is 14.6 Å². The largest absolute Gasteiger partial charge is 0.355 e. The van der Waals surface area contributed by atoms with Gasteiger partial charge in [0.15, 0.2) is 9.84 Å². The van der Waals surface area contributed by atoms with E-state index in [2.05, 4.69) is 53.8 Å². The Labute approximate surface area is 160 Å². The number of sulfone groups is 1. The molecule has 0 unspecified atom stereocenters. The first-order valence-corrected chi connectivity index (χ1v) is 11.3. The van der Waals surface area contributed by atoms with Crippen LogP contribution >= 0.6 is 0 Å². The van der Waals surface area contributed by atoms with Gasteiger partial charge < -0.3 is 5.32 Å². The molecule has 2 aromatic rings. The van der Waals surface area contributed by atoms with E-state index in [1.165, 1.54) is 22.3 Å². The summed E-state index contributed by atoms with van der Waals surface area (Å²) in [6.45, 7) is 3.73. The van der Waals surface area contributed by atoms with E-state index in [0.29, 0.717) is 12.5 Å². The summed E-state index contributed by atoms with van der Waals surface area (Å²) in [5.74, 6) is 0.0592. The first-order valence-electron chi connectivity index (χ1n) is 9.54. The summed E-state index contributed by atoms with van der Waals surface area (Å²) in [6, 6.07) is 17.2. The van der Waals surface area contributed by atoms with Gasteiger partial charge in [0.25, 0.3) is 0 Å². The van der Waals surface area contributed by atoms with Gasteiger partial charge >= 0.3 is 0 Å². The number of fused-ring (bicyclic) bond motifs is 1. The molecule has 0 spiro atoms. The molecule has 0 saturated heterocycles. The van der Waals surface area contributed by atoms with E-state index in [4.69, 9.17) is 0 Å². The topological polar surface area (TPSA) is 63.2 Å². The molecule has 0 aliphatic heterocycles. The lowest BCUT2D eigenvalue weighted by molar-refractivity contribution is -0.118. The van der Waals surface area contributed by atoms with Crippen LogP contribution in [0.15, 0.2) is 48.5 Å². The normalized spacial score (nSPS) is 23.0. The summed E-state index contributed by atoms with van der Waals surface area (Å²) < 4.78 is 24.0. The summed E-state index contributed by atoms with van der Waals surface area (Å²) in [4.78, 5) is 12.2. The van der Waals surface area contributed by atoms with E-state index in [1.54, 1.807) is 13.8 Å². The predicted octanol–water partition coefficient (Wildman–Crippen LogP) is 3.22. The van der Waals surface area contributed by atoms with Gasteiger partial charge in [-0.25, -0.2) is 8.42 Å². The molecule has 3 aliphatic carbocycles. The van der Waals surface area contributed by atoms with E-state index >= 15 is 0 Å². The molecule has 1 amide bonds. The highest BCUT2D eigenvalue weighted by Crippen LogP contribution is 2.55. The first-order chi connectivity index (χ1) is 12.9. The van der Waals surface area contributed by atoms with Crippen LogP contribution in [0, 0.1) is 5.92 Å². The second-order valence-electron chi connectivity index (χ2n) is 7.94. The number of rotatable bonds is 5. The number of hydrogen-bond acceptors (Lipinski definition) is 3. The third-order valence-electron chi connectivity index (χ3n) is 6.03. The van der Waals surface area contributed by atoms with Gasteiger partial charge in [0.05, 0.1) is 5.25 Å². The van der Waals surface area contributed by atoms with Crippen molar-refractivity contribution < 1.29 is 13.2 Å². The van der Waals surface area contributed by atoms with Crippen molar-refractivity contribution in [1.82, 2.24) is 5.32 Å². The van der Waals surface area contributed by atoms with E-state index in [9.17, 15) is 13.2 Å². The van der Waals surface area contributed by atoms with Gasteiger partial charge in [-0.05, 0) is 48.4 Å². The smallest absolute Gasteiger partial charge is 0.235 e. The second-order valence-corrected chi connectivity index (χ2v) is 10.5. The molecule has 1 N–H and O–H groups in total. The van der Waals surface area contributed by atoms with E-state index in [-0.39, 0.29) is 11.8 Å². The number of benzene rings is 2. The molecule has 0 heterocycles. The molecule has 2 bridgehead atoms. The Bertz CT molecular complexity index is 933. The quantitative estimate of drug-likeness (QED) is 0.862. The fraction of sp³-hybridized carbons (Fsp3) is 0.409. The van der Waals surface area contributed by atoms with Crippen LogP contribution in [0.25, 0.3) is 0 Å². The Balaban J connectivity index is 1.56. The molecule has 3 aliphatic rings. The highest BCUT2D eigenvalue weighted by Gasteiger charge is 2.42. The van der Waals surface area contributed by atoms with Gasteiger partial charge in [-0.3, -0.25) is 4.79 Å². The fourth-order valence-electron chi connectivity index (χ4n) is 4.61. The van der Waals surface area contributed by atoms with Gasteiger partial charge in [-0.2, -0.15) is 0 Å². The second kappa shape index (κ2) is 6.79. The summed E-state index contributed by atoms with van der Waals surface area (Å²) in [5, 5.41) is 2.36.